The Morgan fingerprint density at radius 1 is 1.05 bits per heavy atom. The Bertz CT molecular complexity index is 794. The highest BCUT2D eigenvalue weighted by Gasteiger charge is 2.07. The number of nitrogens with one attached hydrogen (secondary N) is 1. The number of hydrogen-bond donors (Lipinski definition) is 1. The predicted octanol–water partition coefficient (Wildman–Crippen LogP) is 2.55. The molecular weight excluding hydrogens is 250 g/mol. The van der Waals surface area contributed by atoms with Crippen LogP contribution in [0.5, 0.6) is 0 Å². The minimum absolute atomic E-state index is 0.0135. The maximum Gasteiger partial charge on any atom is 0.261 e. The van der Waals surface area contributed by atoms with Crippen molar-refractivity contribution >= 4 is 16.6 Å². The molecule has 20 heavy (non-hydrogen) atoms. The minimum atomic E-state index is -0.0135. The number of aromatic nitrogens is 2. The summed E-state index contributed by atoms with van der Waals surface area (Å²) in [6.45, 7) is 0.514. The third-order valence-corrected chi connectivity index (χ3v) is 3.30. The fraction of sp³-hybridized carbons (Fsp3) is 0.125. The summed E-state index contributed by atoms with van der Waals surface area (Å²) in [5, 5.41) is 3.92. The van der Waals surface area contributed by atoms with Crippen molar-refractivity contribution < 1.29 is 0 Å². The van der Waals surface area contributed by atoms with Crippen molar-refractivity contribution in [2.75, 3.05) is 5.32 Å². The van der Waals surface area contributed by atoms with Crippen LogP contribution < -0.4 is 10.9 Å². The van der Waals surface area contributed by atoms with Crippen LogP contribution in [0.25, 0.3) is 10.9 Å². The molecule has 1 aromatic heterocycles. The molecule has 0 amide bonds. The van der Waals surface area contributed by atoms with E-state index in [4.69, 9.17) is 0 Å². The Hall–Kier alpha value is -2.62. The summed E-state index contributed by atoms with van der Waals surface area (Å²) in [5.41, 5.74) is 1.73. The monoisotopic (exact) mass is 265 g/mol. The van der Waals surface area contributed by atoms with Crippen molar-refractivity contribution in [1.29, 1.82) is 0 Å². The van der Waals surface area contributed by atoms with Crippen LogP contribution in [0.2, 0.25) is 0 Å². The lowest BCUT2D eigenvalue weighted by Gasteiger charge is -2.10. The van der Waals surface area contributed by atoms with Gasteiger partial charge < -0.3 is 5.32 Å². The Balaban J connectivity index is 1.96. The number of hydrogen-bond acceptors (Lipinski definition) is 3. The van der Waals surface area contributed by atoms with E-state index in [1.165, 1.54) is 0 Å². The molecule has 0 aliphatic carbocycles. The van der Waals surface area contributed by atoms with E-state index in [1.54, 1.807) is 17.7 Å². The summed E-state index contributed by atoms with van der Waals surface area (Å²) in [7, 11) is 1.75. The maximum atomic E-state index is 12.3. The Kier molecular flexibility index (Phi) is 3.21. The van der Waals surface area contributed by atoms with Crippen LogP contribution in [0.4, 0.5) is 5.69 Å². The highest BCUT2D eigenvalue weighted by atomic mass is 16.1. The molecule has 2 aromatic carbocycles. The lowest BCUT2D eigenvalue weighted by Crippen LogP contribution is -2.23. The van der Waals surface area contributed by atoms with E-state index >= 15 is 0 Å². The number of para-hydroxylation sites is 2. The second-order valence-electron chi connectivity index (χ2n) is 4.63. The third kappa shape index (κ3) is 2.28. The zero-order chi connectivity index (χ0) is 13.9. The molecular formula is C16H15N3O. The van der Waals surface area contributed by atoms with Crippen LogP contribution >= 0.6 is 0 Å². The van der Waals surface area contributed by atoms with Gasteiger partial charge >= 0.3 is 0 Å². The zero-order valence-corrected chi connectivity index (χ0v) is 11.2. The average Bonchev–Trinajstić information content (AvgIpc) is 2.50. The molecule has 0 radical (unpaired) electrons. The molecule has 0 saturated carbocycles. The van der Waals surface area contributed by atoms with E-state index in [0.29, 0.717) is 11.9 Å². The van der Waals surface area contributed by atoms with Gasteiger partial charge in [0.25, 0.3) is 5.56 Å². The molecule has 1 heterocycles. The molecule has 100 valence electrons. The molecule has 0 aliphatic rings. The fourth-order valence-electron chi connectivity index (χ4n) is 2.16. The van der Waals surface area contributed by atoms with E-state index in [2.05, 4.69) is 10.3 Å². The Labute approximate surface area is 116 Å². The highest BCUT2D eigenvalue weighted by molar-refractivity contribution is 5.77. The van der Waals surface area contributed by atoms with Crippen molar-refractivity contribution in [2.24, 2.45) is 7.05 Å². The third-order valence-electron chi connectivity index (χ3n) is 3.30. The van der Waals surface area contributed by atoms with Crippen molar-refractivity contribution in [3.63, 3.8) is 0 Å². The molecule has 3 aromatic rings. The first kappa shape index (κ1) is 12.4. The molecule has 4 nitrogen and oxygen atoms in total. The number of rotatable bonds is 3. The van der Waals surface area contributed by atoms with E-state index in [9.17, 15) is 4.79 Å². The SMILES string of the molecule is Cn1c(CNc2ccccc2)nc2ccccc2c1=O. The largest absolute Gasteiger partial charge is 0.378 e. The average molecular weight is 265 g/mol. The number of nitrogens with zero attached hydrogens (tertiary/aromatic N) is 2. The van der Waals surface area contributed by atoms with E-state index in [0.717, 1.165) is 17.0 Å². The van der Waals surface area contributed by atoms with Gasteiger partial charge in [-0.05, 0) is 24.3 Å². The van der Waals surface area contributed by atoms with Crippen molar-refractivity contribution in [3.8, 4) is 0 Å². The molecule has 3 rings (SSSR count). The Morgan fingerprint density at radius 3 is 2.55 bits per heavy atom. The summed E-state index contributed by atoms with van der Waals surface area (Å²) in [5.74, 6) is 0.720. The van der Waals surface area contributed by atoms with Crippen LogP contribution in [-0.2, 0) is 13.6 Å². The van der Waals surface area contributed by atoms with Crippen molar-refractivity contribution in [2.45, 2.75) is 6.54 Å². The molecule has 0 atom stereocenters. The van der Waals surface area contributed by atoms with Crippen LogP contribution in [0.1, 0.15) is 5.82 Å². The number of anilines is 1. The van der Waals surface area contributed by atoms with Gasteiger partial charge in [0.2, 0.25) is 0 Å². The molecule has 0 saturated heterocycles. The Morgan fingerprint density at radius 2 is 1.75 bits per heavy atom. The summed E-state index contributed by atoms with van der Waals surface area (Å²) < 4.78 is 1.60. The molecule has 0 unspecified atom stereocenters. The summed E-state index contributed by atoms with van der Waals surface area (Å²) in [6.07, 6.45) is 0. The molecule has 0 bridgehead atoms. The number of benzene rings is 2. The van der Waals surface area contributed by atoms with Gasteiger partial charge in [0, 0.05) is 12.7 Å². The first-order chi connectivity index (χ1) is 9.75. The predicted molar refractivity (Wildman–Crippen MR) is 80.8 cm³/mol. The van der Waals surface area contributed by atoms with Gasteiger partial charge in [-0.2, -0.15) is 0 Å². The smallest absolute Gasteiger partial charge is 0.261 e. The van der Waals surface area contributed by atoms with Gasteiger partial charge in [0.1, 0.15) is 5.82 Å². The van der Waals surface area contributed by atoms with Crippen molar-refractivity contribution in [3.05, 3.63) is 70.8 Å². The molecule has 0 fully saturated rings. The lowest BCUT2D eigenvalue weighted by molar-refractivity contribution is 0.756. The molecule has 4 heteroatoms. The van der Waals surface area contributed by atoms with E-state index in [-0.39, 0.29) is 5.56 Å². The summed E-state index contributed by atoms with van der Waals surface area (Å²) in [4.78, 5) is 16.8. The highest BCUT2D eigenvalue weighted by Crippen LogP contribution is 2.10. The van der Waals surface area contributed by atoms with Gasteiger partial charge in [0.05, 0.1) is 17.4 Å². The van der Waals surface area contributed by atoms with E-state index < -0.39 is 0 Å². The van der Waals surface area contributed by atoms with Crippen LogP contribution in [0.3, 0.4) is 0 Å². The van der Waals surface area contributed by atoms with Crippen LogP contribution in [0.15, 0.2) is 59.4 Å². The van der Waals surface area contributed by atoms with Gasteiger partial charge in [-0.25, -0.2) is 4.98 Å². The topological polar surface area (TPSA) is 46.9 Å². The lowest BCUT2D eigenvalue weighted by atomic mass is 10.2. The second kappa shape index (κ2) is 5.17. The maximum absolute atomic E-state index is 12.3. The number of fused-ring (bicyclic) bond motifs is 1. The second-order valence-corrected chi connectivity index (χ2v) is 4.63. The van der Waals surface area contributed by atoms with Gasteiger partial charge in [-0.15, -0.1) is 0 Å². The van der Waals surface area contributed by atoms with Crippen molar-refractivity contribution in [1.82, 2.24) is 9.55 Å². The van der Waals surface area contributed by atoms with Gasteiger partial charge in [0.15, 0.2) is 0 Å². The quantitative estimate of drug-likeness (QED) is 0.791. The molecule has 0 spiro atoms. The molecule has 0 aliphatic heterocycles. The van der Waals surface area contributed by atoms with Crippen LogP contribution in [0, 0.1) is 0 Å². The first-order valence-electron chi connectivity index (χ1n) is 6.49. The molecule has 1 N–H and O–H groups in total. The standard InChI is InChI=1S/C16H15N3O/c1-19-15(11-17-12-7-3-2-4-8-12)18-14-10-6-5-9-13(14)16(19)20/h2-10,17H,11H2,1H3. The van der Waals surface area contributed by atoms with Gasteiger partial charge in [-0.3, -0.25) is 9.36 Å². The zero-order valence-electron chi connectivity index (χ0n) is 11.2. The summed E-state index contributed by atoms with van der Waals surface area (Å²) in [6, 6.07) is 17.3. The fourth-order valence-corrected chi connectivity index (χ4v) is 2.16. The first-order valence-corrected chi connectivity index (χ1v) is 6.49. The van der Waals surface area contributed by atoms with Crippen LogP contribution in [-0.4, -0.2) is 9.55 Å². The van der Waals surface area contributed by atoms with E-state index in [1.807, 2.05) is 48.5 Å². The minimum Gasteiger partial charge on any atom is -0.378 e. The summed E-state index contributed by atoms with van der Waals surface area (Å²) >= 11 is 0. The normalized spacial score (nSPS) is 10.7. The van der Waals surface area contributed by atoms with Gasteiger partial charge in [-0.1, -0.05) is 30.3 Å².